The molecule has 0 spiro atoms. The van der Waals surface area contributed by atoms with Crippen molar-refractivity contribution in [1.82, 2.24) is 20.0 Å². The van der Waals surface area contributed by atoms with Crippen LogP contribution >= 0.6 is 11.6 Å². The van der Waals surface area contributed by atoms with Crippen LogP contribution in [0.4, 0.5) is 0 Å². The highest BCUT2D eigenvalue weighted by molar-refractivity contribution is 6.31. The summed E-state index contributed by atoms with van der Waals surface area (Å²) in [5, 5.41) is 8.80. The third-order valence-corrected chi connectivity index (χ3v) is 4.03. The van der Waals surface area contributed by atoms with Crippen molar-refractivity contribution in [2.24, 2.45) is 0 Å². The topological polar surface area (TPSA) is 33.1 Å². The summed E-state index contributed by atoms with van der Waals surface area (Å²) < 4.78 is 2.06. The molecule has 0 aromatic carbocycles. The van der Waals surface area contributed by atoms with Crippen molar-refractivity contribution < 1.29 is 0 Å². The number of nitrogens with zero attached hydrogens (tertiary/aromatic N) is 3. The summed E-state index contributed by atoms with van der Waals surface area (Å²) in [5.41, 5.74) is 1.15. The molecule has 1 atom stereocenters. The molecule has 5 heteroatoms. The zero-order valence-electron chi connectivity index (χ0n) is 14.4. The predicted molar refractivity (Wildman–Crippen MR) is 91.2 cm³/mol. The molecule has 0 fully saturated rings. The minimum absolute atomic E-state index is 0.0000539. The summed E-state index contributed by atoms with van der Waals surface area (Å²) in [6.07, 6.45) is 3.98. The number of halogens is 1. The van der Waals surface area contributed by atoms with Gasteiger partial charge in [0.15, 0.2) is 0 Å². The predicted octanol–water partition coefficient (Wildman–Crippen LogP) is 3.15. The summed E-state index contributed by atoms with van der Waals surface area (Å²) in [5.74, 6) is 0. The Hall–Kier alpha value is -0.580. The monoisotopic (exact) mass is 314 g/mol. The molecule has 21 heavy (non-hydrogen) atoms. The fourth-order valence-electron chi connectivity index (χ4n) is 2.82. The van der Waals surface area contributed by atoms with E-state index in [1.807, 2.05) is 0 Å². The molecule has 1 rings (SSSR count). The summed E-state index contributed by atoms with van der Waals surface area (Å²) in [6, 6.07) is 0.466. The van der Waals surface area contributed by atoms with Crippen LogP contribution in [0.15, 0.2) is 6.20 Å². The van der Waals surface area contributed by atoms with E-state index in [0.29, 0.717) is 6.04 Å². The Morgan fingerprint density at radius 1 is 1.43 bits per heavy atom. The average Bonchev–Trinajstić information content (AvgIpc) is 2.75. The van der Waals surface area contributed by atoms with Gasteiger partial charge in [-0.2, -0.15) is 5.10 Å². The Morgan fingerprint density at radius 3 is 2.67 bits per heavy atom. The van der Waals surface area contributed by atoms with Gasteiger partial charge in [0, 0.05) is 18.0 Å². The first-order valence-corrected chi connectivity index (χ1v) is 8.25. The molecule has 122 valence electrons. The van der Waals surface area contributed by atoms with Gasteiger partial charge in [-0.25, -0.2) is 0 Å². The van der Waals surface area contributed by atoms with E-state index in [-0.39, 0.29) is 5.41 Å². The normalized spacial score (nSPS) is 13.9. The Labute approximate surface area is 134 Å². The number of likely N-dealkylation sites (N-methyl/N-ethyl adjacent to an activating group) is 1. The maximum Gasteiger partial charge on any atom is 0.0823 e. The first-order valence-electron chi connectivity index (χ1n) is 7.87. The summed E-state index contributed by atoms with van der Waals surface area (Å²) in [7, 11) is 4.15. The van der Waals surface area contributed by atoms with Gasteiger partial charge in [0.1, 0.15) is 0 Å². The lowest BCUT2D eigenvalue weighted by molar-refractivity contribution is 0.336. The average molecular weight is 315 g/mol. The molecule has 0 saturated heterocycles. The van der Waals surface area contributed by atoms with Crippen molar-refractivity contribution >= 4 is 11.6 Å². The first-order chi connectivity index (χ1) is 9.77. The van der Waals surface area contributed by atoms with E-state index >= 15 is 0 Å². The lowest BCUT2D eigenvalue weighted by Gasteiger charge is -2.30. The summed E-state index contributed by atoms with van der Waals surface area (Å²) >= 11 is 6.42. The molecule has 0 aliphatic heterocycles. The molecule has 0 amide bonds. The number of hydrogen-bond acceptors (Lipinski definition) is 3. The highest BCUT2D eigenvalue weighted by Crippen LogP contribution is 2.33. The molecular formula is C16H31ClN4. The van der Waals surface area contributed by atoms with Crippen molar-refractivity contribution in [3.05, 3.63) is 16.9 Å². The van der Waals surface area contributed by atoms with Crippen LogP contribution in [-0.2, 0) is 12.0 Å². The van der Waals surface area contributed by atoms with Gasteiger partial charge in [0.25, 0.3) is 0 Å². The third-order valence-electron chi connectivity index (χ3n) is 3.75. The lowest BCUT2D eigenvalue weighted by Crippen LogP contribution is -2.35. The number of rotatable bonds is 9. The molecule has 1 aromatic rings. The van der Waals surface area contributed by atoms with Crippen LogP contribution in [0.3, 0.4) is 0 Å². The van der Waals surface area contributed by atoms with Gasteiger partial charge in [0.2, 0.25) is 0 Å². The van der Waals surface area contributed by atoms with E-state index in [4.69, 9.17) is 11.6 Å². The minimum atomic E-state index is 0.0000539. The molecule has 0 radical (unpaired) electrons. The van der Waals surface area contributed by atoms with Gasteiger partial charge in [-0.15, -0.1) is 0 Å². The van der Waals surface area contributed by atoms with Crippen molar-refractivity contribution in [1.29, 1.82) is 0 Å². The Balaban J connectivity index is 2.83. The molecule has 1 N–H and O–H groups in total. The molecule has 1 unspecified atom stereocenters. The third kappa shape index (κ3) is 5.61. The van der Waals surface area contributed by atoms with Crippen LogP contribution < -0.4 is 5.32 Å². The molecule has 0 aliphatic carbocycles. The van der Waals surface area contributed by atoms with E-state index < -0.39 is 0 Å². The van der Waals surface area contributed by atoms with Crippen LogP contribution in [0.5, 0.6) is 0 Å². The van der Waals surface area contributed by atoms with Crippen molar-refractivity contribution in [3.63, 3.8) is 0 Å². The fourth-order valence-corrected chi connectivity index (χ4v) is 3.22. The van der Waals surface area contributed by atoms with Gasteiger partial charge in [0.05, 0.1) is 23.5 Å². The maximum atomic E-state index is 6.42. The summed E-state index contributed by atoms with van der Waals surface area (Å²) in [4.78, 5) is 2.16. The van der Waals surface area contributed by atoms with E-state index in [0.717, 1.165) is 43.2 Å². The second kappa shape index (κ2) is 8.16. The van der Waals surface area contributed by atoms with E-state index in [1.165, 1.54) is 0 Å². The zero-order chi connectivity index (χ0) is 16.0. The molecule has 1 heterocycles. The second-order valence-corrected chi connectivity index (χ2v) is 7.22. The van der Waals surface area contributed by atoms with Gasteiger partial charge < -0.3 is 10.2 Å². The maximum absolute atomic E-state index is 6.42. The Bertz CT molecular complexity index is 426. The van der Waals surface area contributed by atoms with Gasteiger partial charge in [-0.1, -0.05) is 32.4 Å². The Kier molecular flexibility index (Phi) is 7.17. The lowest BCUT2D eigenvalue weighted by atomic mass is 9.82. The van der Waals surface area contributed by atoms with E-state index in [9.17, 15) is 0 Å². The first kappa shape index (κ1) is 18.5. The molecule has 1 aromatic heterocycles. The number of hydrogen-bond donors (Lipinski definition) is 1. The standard InChI is InChI=1S/C16H31ClN4/c1-7-8-18-13(2)11-16(3,4)15-14(17)12-19-21(15)10-9-20(5)6/h12-13,18H,7-11H2,1-6H3. The van der Waals surface area contributed by atoms with Gasteiger partial charge in [-0.3, -0.25) is 4.68 Å². The minimum Gasteiger partial charge on any atom is -0.314 e. The summed E-state index contributed by atoms with van der Waals surface area (Å²) in [6.45, 7) is 11.8. The van der Waals surface area contributed by atoms with Crippen LogP contribution in [-0.4, -0.2) is 47.9 Å². The van der Waals surface area contributed by atoms with E-state index in [2.05, 4.69) is 61.8 Å². The molecule has 0 saturated carbocycles. The SMILES string of the molecule is CCCNC(C)CC(C)(C)c1c(Cl)cnn1CCN(C)C. The van der Waals surface area contributed by atoms with Gasteiger partial charge >= 0.3 is 0 Å². The van der Waals surface area contributed by atoms with Crippen molar-refractivity contribution in [2.75, 3.05) is 27.2 Å². The Morgan fingerprint density at radius 2 is 2.10 bits per heavy atom. The number of nitrogens with one attached hydrogen (secondary N) is 1. The number of aromatic nitrogens is 2. The van der Waals surface area contributed by atoms with Crippen molar-refractivity contribution in [2.45, 2.75) is 58.5 Å². The second-order valence-electron chi connectivity index (χ2n) is 6.81. The molecule has 0 bridgehead atoms. The van der Waals surface area contributed by atoms with Gasteiger partial charge in [-0.05, 0) is 40.4 Å². The molecular weight excluding hydrogens is 284 g/mol. The molecule has 4 nitrogen and oxygen atoms in total. The van der Waals surface area contributed by atoms with Crippen LogP contribution in [0.25, 0.3) is 0 Å². The van der Waals surface area contributed by atoms with E-state index in [1.54, 1.807) is 6.20 Å². The van der Waals surface area contributed by atoms with Crippen LogP contribution in [0, 0.1) is 0 Å². The highest BCUT2D eigenvalue weighted by Gasteiger charge is 2.29. The molecule has 0 aliphatic rings. The quantitative estimate of drug-likeness (QED) is 0.760. The fraction of sp³-hybridized carbons (Fsp3) is 0.812. The largest absolute Gasteiger partial charge is 0.314 e. The van der Waals surface area contributed by atoms with Crippen LogP contribution in [0.1, 0.15) is 46.2 Å². The zero-order valence-corrected chi connectivity index (χ0v) is 15.2. The highest BCUT2D eigenvalue weighted by atomic mass is 35.5. The smallest absolute Gasteiger partial charge is 0.0823 e. The van der Waals surface area contributed by atoms with Crippen molar-refractivity contribution in [3.8, 4) is 0 Å². The van der Waals surface area contributed by atoms with Crippen LogP contribution in [0.2, 0.25) is 5.02 Å².